The summed E-state index contributed by atoms with van der Waals surface area (Å²) in [6, 6.07) is 15.8. The van der Waals surface area contributed by atoms with Crippen LogP contribution in [0.3, 0.4) is 0 Å². The first-order valence-electron chi connectivity index (χ1n) is 11.5. The Kier molecular flexibility index (Phi) is 7.69. The fourth-order valence-electron chi connectivity index (χ4n) is 5.11. The molecule has 4 unspecified atom stereocenters. The molecule has 0 aliphatic heterocycles. The van der Waals surface area contributed by atoms with Crippen LogP contribution in [0.25, 0.3) is 0 Å². The van der Waals surface area contributed by atoms with E-state index in [0.717, 1.165) is 23.1 Å². The van der Waals surface area contributed by atoms with E-state index in [4.69, 9.17) is 11.6 Å². The maximum absolute atomic E-state index is 13.8. The number of nitrogens with zero attached hydrogens (tertiary/aromatic N) is 2. The van der Waals surface area contributed by atoms with Crippen LogP contribution >= 0.6 is 11.6 Å². The van der Waals surface area contributed by atoms with Crippen molar-refractivity contribution in [3.8, 4) is 0 Å². The van der Waals surface area contributed by atoms with Gasteiger partial charge in [-0.15, -0.1) is 0 Å². The van der Waals surface area contributed by atoms with Crippen molar-refractivity contribution in [2.24, 2.45) is 23.2 Å². The van der Waals surface area contributed by atoms with Gasteiger partial charge in [0, 0.05) is 49.2 Å². The van der Waals surface area contributed by atoms with Gasteiger partial charge in [-0.25, -0.2) is 0 Å². The Balaban J connectivity index is 1.93. The highest BCUT2D eigenvalue weighted by Crippen LogP contribution is 2.53. The van der Waals surface area contributed by atoms with Crippen molar-refractivity contribution in [2.45, 2.75) is 34.2 Å². The number of anilines is 1. The van der Waals surface area contributed by atoms with Crippen LogP contribution in [0.5, 0.6) is 0 Å². The Hall–Kier alpha value is -2.59. The van der Waals surface area contributed by atoms with E-state index in [9.17, 15) is 9.59 Å². The molecule has 1 aliphatic carbocycles. The van der Waals surface area contributed by atoms with Gasteiger partial charge in [0.1, 0.15) is 6.29 Å². The van der Waals surface area contributed by atoms with E-state index in [2.05, 4.69) is 32.9 Å². The molecule has 0 bridgehead atoms. The lowest BCUT2D eigenvalue weighted by Crippen LogP contribution is -2.52. The van der Waals surface area contributed by atoms with Crippen molar-refractivity contribution >= 4 is 29.5 Å². The number of hydrogen-bond donors (Lipinski definition) is 0. The van der Waals surface area contributed by atoms with Gasteiger partial charge >= 0.3 is 0 Å². The molecule has 0 spiro atoms. The predicted molar refractivity (Wildman–Crippen MR) is 136 cm³/mol. The van der Waals surface area contributed by atoms with Gasteiger partial charge in [0.2, 0.25) is 5.91 Å². The third-order valence-electron chi connectivity index (χ3n) is 7.46. The molecule has 3 rings (SSSR count). The van der Waals surface area contributed by atoms with E-state index in [-0.39, 0.29) is 17.2 Å². The standard InChI is InChI=1S/C28H35ClN2O2/c1-19-12-23(29)15-24(13-19)30(5)17-25(26(18-32)28(4)20(2)14-21(28)3)27(33)31(6)16-22-10-8-7-9-11-22/h7-15,18,20,25-26H,16-17H2,1-6H3. The highest BCUT2D eigenvalue weighted by Gasteiger charge is 2.50. The van der Waals surface area contributed by atoms with Crippen LogP contribution in [0.2, 0.25) is 5.02 Å². The number of aldehydes is 1. The maximum atomic E-state index is 13.8. The van der Waals surface area contributed by atoms with Gasteiger partial charge in [-0.3, -0.25) is 4.79 Å². The summed E-state index contributed by atoms with van der Waals surface area (Å²) in [4.78, 5) is 30.2. The lowest BCUT2D eigenvalue weighted by Gasteiger charge is -2.50. The summed E-state index contributed by atoms with van der Waals surface area (Å²) >= 11 is 6.30. The lowest BCUT2D eigenvalue weighted by molar-refractivity contribution is -0.141. The number of carbonyl (C=O) groups excluding carboxylic acids is 2. The summed E-state index contributed by atoms with van der Waals surface area (Å²) in [6.07, 6.45) is 3.19. The summed E-state index contributed by atoms with van der Waals surface area (Å²) in [7, 11) is 3.78. The third kappa shape index (κ3) is 5.16. The van der Waals surface area contributed by atoms with Crippen LogP contribution in [-0.2, 0) is 16.1 Å². The SMILES string of the molecule is CC1=CC(C)C1(C)C(C=O)C(CN(C)c1cc(C)cc(Cl)c1)C(=O)N(C)Cc1ccccc1. The van der Waals surface area contributed by atoms with Crippen molar-refractivity contribution in [3.05, 3.63) is 76.3 Å². The van der Waals surface area contributed by atoms with E-state index in [1.54, 1.807) is 4.90 Å². The second-order valence-electron chi connectivity index (χ2n) is 9.74. The van der Waals surface area contributed by atoms with Crippen LogP contribution in [0.15, 0.2) is 60.2 Å². The van der Waals surface area contributed by atoms with Crippen LogP contribution < -0.4 is 4.90 Å². The Morgan fingerprint density at radius 3 is 2.36 bits per heavy atom. The molecule has 0 saturated carbocycles. The molecule has 1 aliphatic rings. The zero-order valence-corrected chi connectivity index (χ0v) is 21.3. The molecule has 5 heteroatoms. The summed E-state index contributed by atoms with van der Waals surface area (Å²) in [5.74, 6) is -0.696. The minimum Gasteiger partial charge on any atom is -0.374 e. The van der Waals surface area contributed by atoms with E-state index in [1.165, 1.54) is 5.57 Å². The number of benzene rings is 2. The predicted octanol–water partition coefficient (Wildman–Crippen LogP) is 5.78. The Bertz CT molecular complexity index is 1020. The van der Waals surface area contributed by atoms with Gasteiger partial charge in [-0.1, -0.05) is 67.4 Å². The summed E-state index contributed by atoms with van der Waals surface area (Å²) in [6.45, 7) is 9.24. The maximum Gasteiger partial charge on any atom is 0.228 e. The van der Waals surface area contributed by atoms with Crippen molar-refractivity contribution in [2.75, 3.05) is 25.5 Å². The molecule has 0 heterocycles. The Morgan fingerprint density at radius 2 is 1.82 bits per heavy atom. The number of hydrogen-bond acceptors (Lipinski definition) is 3. The van der Waals surface area contributed by atoms with Crippen molar-refractivity contribution in [3.63, 3.8) is 0 Å². The molecule has 33 heavy (non-hydrogen) atoms. The number of halogens is 1. The largest absolute Gasteiger partial charge is 0.374 e. The number of rotatable bonds is 9. The lowest BCUT2D eigenvalue weighted by atomic mass is 9.54. The second kappa shape index (κ2) is 10.1. The molecular weight excluding hydrogens is 432 g/mol. The van der Waals surface area contributed by atoms with E-state index in [0.29, 0.717) is 18.1 Å². The minimum absolute atomic E-state index is 0.0188. The van der Waals surface area contributed by atoms with Crippen LogP contribution in [0.4, 0.5) is 5.69 Å². The molecule has 0 aromatic heterocycles. The third-order valence-corrected chi connectivity index (χ3v) is 7.68. The summed E-state index contributed by atoms with van der Waals surface area (Å²) < 4.78 is 0. The average molecular weight is 467 g/mol. The quantitative estimate of drug-likeness (QED) is 0.347. The normalized spacial score (nSPS) is 21.4. The van der Waals surface area contributed by atoms with Gasteiger partial charge in [-0.2, -0.15) is 0 Å². The summed E-state index contributed by atoms with van der Waals surface area (Å²) in [5.41, 5.74) is 3.90. The molecule has 4 nitrogen and oxygen atoms in total. The fraction of sp³-hybridized carbons (Fsp3) is 0.429. The minimum atomic E-state index is -0.489. The first kappa shape index (κ1) is 25.0. The van der Waals surface area contributed by atoms with Gasteiger partial charge in [0.25, 0.3) is 0 Å². The van der Waals surface area contributed by atoms with Gasteiger partial charge in [0.05, 0.1) is 5.92 Å². The van der Waals surface area contributed by atoms with Crippen molar-refractivity contribution < 1.29 is 9.59 Å². The number of allylic oxidation sites excluding steroid dienone is 2. The van der Waals surface area contributed by atoms with Crippen molar-refractivity contribution in [1.82, 2.24) is 4.90 Å². The first-order chi connectivity index (χ1) is 15.6. The number of amides is 1. The molecule has 0 fully saturated rings. The first-order valence-corrected chi connectivity index (χ1v) is 11.9. The highest BCUT2D eigenvalue weighted by atomic mass is 35.5. The van der Waals surface area contributed by atoms with Crippen LogP contribution in [-0.4, -0.2) is 37.7 Å². The Labute approximate surface area is 203 Å². The van der Waals surface area contributed by atoms with Crippen molar-refractivity contribution in [1.29, 1.82) is 0 Å². The Morgan fingerprint density at radius 1 is 1.15 bits per heavy atom. The molecule has 0 radical (unpaired) electrons. The second-order valence-corrected chi connectivity index (χ2v) is 10.2. The molecule has 0 saturated heterocycles. The monoisotopic (exact) mass is 466 g/mol. The van der Waals surface area contributed by atoms with Gasteiger partial charge < -0.3 is 14.6 Å². The molecule has 0 N–H and O–H groups in total. The van der Waals surface area contributed by atoms with E-state index >= 15 is 0 Å². The fourth-order valence-corrected chi connectivity index (χ4v) is 5.40. The average Bonchev–Trinajstić information content (AvgIpc) is 2.78. The zero-order chi connectivity index (χ0) is 24.3. The number of aryl methyl sites for hydroxylation is 1. The topological polar surface area (TPSA) is 40.6 Å². The highest BCUT2D eigenvalue weighted by molar-refractivity contribution is 6.30. The molecule has 1 amide bonds. The number of carbonyl (C=O) groups is 2. The van der Waals surface area contributed by atoms with E-state index < -0.39 is 11.8 Å². The molecule has 4 atom stereocenters. The van der Waals surface area contributed by atoms with Crippen LogP contribution in [0, 0.1) is 30.1 Å². The van der Waals surface area contributed by atoms with Gasteiger partial charge in [-0.05, 0) is 49.1 Å². The summed E-state index contributed by atoms with van der Waals surface area (Å²) in [5, 5.41) is 0.659. The van der Waals surface area contributed by atoms with Gasteiger partial charge in [0.15, 0.2) is 0 Å². The van der Waals surface area contributed by atoms with E-state index in [1.807, 2.05) is 68.4 Å². The smallest absolute Gasteiger partial charge is 0.228 e. The molecule has 176 valence electrons. The van der Waals surface area contributed by atoms with Crippen LogP contribution in [0.1, 0.15) is 31.9 Å². The molecule has 2 aromatic carbocycles. The molecule has 2 aromatic rings. The zero-order valence-electron chi connectivity index (χ0n) is 20.5. The molecular formula is C28H35ClN2O2.